The van der Waals surface area contributed by atoms with Gasteiger partial charge in [-0.25, -0.2) is 4.79 Å². The minimum atomic E-state index is -1.62. The van der Waals surface area contributed by atoms with Crippen LogP contribution in [0.3, 0.4) is 0 Å². The van der Waals surface area contributed by atoms with Crippen molar-refractivity contribution in [3.05, 3.63) is 111 Å². The molecule has 0 aliphatic carbocycles. The van der Waals surface area contributed by atoms with Gasteiger partial charge in [-0.15, -0.1) is 0 Å². The summed E-state index contributed by atoms with van der Waals surface area (Å²) in [6.07, 6.45) is 0. The maximum absolute atomic E-state index is 10.7. The van der Waals surface area contributed by atoms with Crippen LogP contribution < -0.4 is 118 Å². The van der Waals surface area contributed by atoms with Gasteiger partial charge in [-0.05, 0) is 65.1 Å². The van der Waals surface area contributed by atoms with Crippen LogP contribution >= 0.6 is 76.4 Å². The van der Waals surface area contributed by atoms with Crippen molar-refractivity contribution in [3.63, 3.8) is 0 Å². The standard InChI is InChI=1S/C13H9ClO3.C7H7BO4.C6H4BrClO.CH4.I2.2K/c14-10-4-5-12(15)11(7-10)8-2-1-3-9(6-8)13(16)17;9-7(10)5-2-1-3-6(4-5)8(11)12;7-5-3-4(8)1-2-6(5)9;;1-2;;/h1-7,15H,(H,16,17);1-4,11-12H,(H,9,10);1-3,9H;1H4;;;/q;;;;;2*+1/p-2. The number of halogens is 5. The number of phenols is 1. The molecule has 0 aliphatic heterocycles. The molecule has 218 valence electrons. The molecule has 0 amide bonds. The van der Waals surface area contributed by atoms with Crippen molar-refractivity contribution in [1.82, 2.24) is 0 Å². The van der Waals surface area contributed by atoms with E-state index in [1.54, 1.807) is 36.4 Å². The molecule has 4 N–H and O–H groups in total. The quantitative estimate of drug-likeness (QED) is 0.161. The predicted molar refractivity (Wildman–Crippen MR) is 179 cm³/mol. The van der Waals surface area contributed by atoms with E-state index in [0.717, 1.165) is 0 Å². The average molecular weight is 968 g/mol. The molecule has 0 saturated carbocycles. The predicted octanol–water partition coefficient (Wildman–Crippen LogP) is -0.268. The number of hydrogen-bond acceptors (Lipinski definition) is 7. The van der Waals surface area contributed by atoms with Crippen molar-refractivity contribution >= 4 is 101 Å². The van der Waals surface area contributed by atoms with E-state index in [4.69, 9.17) is 38.4 Å². The topological polar surface area (TPSA) is 161 Å². The number of carbonyl (C=O) groups is 2. The number of aromatic hydroxyl groups is 1. The fraction of sp³-hybridized carbons (Fsp3) is 0.0370. The second-order valence-electron chi connectivity index (χ2n) is 7.41. The Labute approximate surface area is 377 Å². The fourth-order valence-electron chi connectivity index (χ4n) is 2.86. The normalized spacial score (nSPS) is 8.81. The summed E-state index contributed by atoms with van der Waals surface area (Å²) in [6, 6.07) is 20.8. The Morgan fingerprint density at radius 1 is 0.814 bits per heavy atom. The van der Waals surface area contributed by atoms with Crippen molar-refractivity contribution in [3.8, 4) is 22.6 Å². The maximum atomic E-state index is 10.7. The van der Waals surface area contributed by atoms with Gasteiger partial charge in [0, 0.05) is 57.3 Å². The smallest absolute Gasteiger partial charge is 0.872 e. The van der Waals surface area contributed by atoms with Gasteiger partial charge in [0.05, 0.1) is 11.5 Å². The van der Waals surface area contributed by atoms with E-state index in [-0.39, 0.29) is 138 Å². The Hall–Kier alpha value is 1.20. The summed E-state index contributed by atoms with van der Waals surface area (Å²) >= 11 is 18.7. The van der Waals surface area contributed by atoms with Crippen LogP contribution in [0.4, 0.5) is 0 Å². The molecule has 0 heterocycles. The van der Waals surface area contributed by atoms with Crippen molar-refractivity contribution in [2.24, 2.45) is 0 Å². The Morgan fingerprint density at radius 3 is 1.86 bits per heavy atom. The van der Waals surface area contributed by atoms with E-state index < -0.39 is 19.1 Å². The second kappa shape index (κ2) is 26.2. The van der Waals surface area contributed by atoms with Crippen LogP contribution in [0, 0.1) is 0 Å². The molecular weight excluding hydrogens is 946 g/mol. The summed E-state index contributed by atoms with van der Waals surface area (Å²) in [5, 5.41) is 58.1. The third kappa shape index (κ3) is 18.4. The number of hydrogen-bond donors (Lipinski definition) is 4. The van der Waals surface area contributed by atoms with Crippen LogP contribution in [0.5, 0.6) is 11.5 Å². The number of carbonyl (C=O) groups excluding carboxylic acids is 1. The molecular formula is C27H22BBrCl2I2K2O8. The van der Waals surface area contributed by atoms with Gasteiger partial charge in [0.15, 0.2) is 0 Å². The van der Waals surface area contributed by atoms with Crippen molar-refractivity contribution in [1.29, 1.82) is 0 Å². The fourth-order valence-corrected chi connectivity index (χ4v) is 3.72. The summed E-state index contributed by atoms with van der Waals surface area (Å²) in [6.45, 7) is 0. The molecule has 4 aromatic rings. The third-order valence-corrected chi connectivity index (χ3v) is 5.78. The molecule has 4 aromatic carbocycles. The van der Waals surface area contributed by atoms with E-state index >= 15 is 0 Å². The summed E-state index contributed by atoms with van der Waals surface area (Å²) in [7, 11) is -1.62. The van der Waals surface area contributed by atoms with E-state index in [1.807, 2.05) is 0 Å². The van der Waals surface area contributed by atoms with Crippen molar-refractivity contribution in [2.75, 3.05) is 0 Å². The molecule has 0 bridgehead atoms. The van der Waals surface area contributed by atoms with Crippen LogP contribution in [-0.4, -0.2) is 39.3 Å². The largest absolute Gasteiger partial charge is 1.00 e. The van der Waals surface area contributed by atoms with Crippen molar-refractivity contribution in [2.45, 2.75) is 7.43 Å². The zero-order chi connectivity index (χ0) is 30.4. The molecule has 8 nitrogen and oxygen atoms in total. The van der Waals surface area contributed by atoms with Gasteiger partial charge in [0.25, 0.3) is 0 Å². The number of carboxylic acids is 2. The molecule has 0 atom stereocenters. The van der Waals surface area contributed by atoms with Gasteiger partial charge >= 0.3 is 116 Å². The third-order valence-electron chi connectivity index (χ3n) is 4.69. The minimum absolute atomic E-state index is 0. The number of rotatable bonds is 4. The molecule has 0 spiro atoms. The zero-order valence-electron chi connectivity index (χ0n) is 22.0. The van der Waals surface area contributed by atoms with Gasteiger partial charge in [-0.3, -0.25) is 0 Å². The molecule has 0 unspecified atom stereocenters. The van der Waals surface area contributed by atoms with Crippen LogP contribution in [0.25, 0.3) is 11.1 Å². The van der Waals surface area contributed by atoms with Gasteiger partial charge in [-0.1, -0.05) is 88.7 Å². The second-order valence-corrected chi connectivity index (χ2v) is 9.14. The van der Waals surface area contributed by atoms with Crippen LogP contribution in [-0.2, 0) is 0 Å². The molecule has 0 radical (unpaired) electrons. The first-order valence-corrected chi connectivity index (χ1v) is 18.5. The zero-order valence-corrected chi connectivity index (χ0v) is 35.6. The first kappa shape index (κ1) is 48.6. The molecule has 16 heteroatoms. The van der Waals surface area contributed by atoms with Crippen molar-refractivity contribution < 1.29 is 143 Å². The Bertz CT molecular complexity index is 1460. The number of benzene rings is 4. The van der Waals surface area contributed by atoms with Crippen LogP contribution in [0.1, 0.15) is 28.1 Å². The summed E-state index contributed by atoms with van der Waals surface area (Å²) in [5.74, 6) is -2.34. The first-order valence-electron chi connectivity index (χ1n) is 10.6. The minimum Gasteiger partial charge on any atom is -0.872 e. The SMILES string of the molecule is C.II.O=C(O)c1cccc(B(O)O)c1.O=C([O-])c1cccc(-c2cc(Cl)ccc2O)c1.[K+].[K+].[O-]c1ccc(Cl)cc1Br. The molecule has 4 rings (SSSR count). The van der Waals surface area contributed by atoms with E-state index in [1.165, 1.54) is 48.5 Å². The van der Waals surface area contributed by atoms with E-state index in [9.17, 15) is 24.9 Å². The van der Waals surface area contributed by atoms with Crippen LogP contribution in [0.15, 0.2) is 89.4 Å². The van der Waals surface area contributed by atoms with E-state index in [2.05, 4.69) is 53.2 Å². The Balaban J connectivity index is -0.000000547. The first-order chi connectivity index (χ1) is 18.9. The number of carboxylic acid groups (broad SMARTS) is 2. The molecule has 0 saturated heterocycles. The molecule has 0 aliphatic rings. The molecule has 0 aromatic heterocycles. The molecule has 43 heavy (non-hydrogen) atoms. The maximum Gasteiger partial charge on any atom is 1.00 e. The van der Waals surface area contributed by atoms with E-state index in [0.29, 0.717) is 25.6 Å². The number of phenolic OH excluding ortho intramolecular Hbond substituents is 1. The van der Waals surface area contributed by atoms with Gasteiger partial charge in [-0.2, -0.15) is 0 Å². The molecule has 0 fully saturated rings. The van der Waals surface area contributed by atoms with Gasteiger partial charge in [0.2, 0.25) is 0 Å². The monoisotopic (exact) mass is 966 g/mol. The summed E-state index contributed by atoms with van der Waals surface area (Å²) < 4.78 is 0.509. The number of aromatic carboxylic acids is 2. The van der Waals surface area contributed by atoms with Crippen LogP contribution in [0.2, 0.25) is 10.0 Å². The Kier molecular flexibility index (Phi) is 29.6. The Morgan fingerprint density at radius 2 is 1.35 bits per heavy atom. The summed E-state index contributed by atoms with van der Waals surface area (Å²) in [4.78, 5) is 21.1. The average Bonchev–Trinajstić information content (AvgIpc) is 2.94. The summed E-state index contributed by atoms with van der Waals surface area (Å²) in [5.41, 5.74) is 1.34. The van der Waals surface area contributed by atoms with Gasteiger partial charge < -0.3 is 35.3 Å². The van der Waals surface area contributed by atoms with Gasteiger partial charge in [0.1, 0.15) is 5.75 Å².